The highest BCUT2D eigenvalue weighted by atomic mass is 16.1. The monoisotopic (exact) mass is 269 g/mol. The topological polar surface area (TPSA) is 47.8 Å². The van der Waals surface area contributed by atoms with E-state index in [4.69, 9.17) is 0 Å². The summed E-state index contributed by atoms with van der Waals surface area (Å²) in [5.41, 5.74) is 2.74. The molecule has 0 saturated heterocycles. The molecule has 1 aliphatic carbocycles. The van der Waals surface area contributed by atoms with E-state index >= 15 is 0 Å². The van der Waals surface area contributed by atoms with E-state index in [1.165, 1.54) is 24.8 Å². The van der Waals surface area contributed by atoms with Crippen molar-refractivity contribution in [2.75, 3.05) is 0 Å². The van der Waals surface area contributed by atoms with Gasteiger partial charge in [0.2, 0.25) is 0 Å². The van der Waals surface area contributed by atoms with E-state index < -0.39 is 0 Å². The van der Waals surface area contributed by atoms with Crippen molar-refractivity contribution >= 4 is 6.29 Å². The number of carbonyl (C=O) groups excluding carboxylic acids is 1. The van der Waals surface area contributed by atoms with Gasteiger partial charge in [0.1, 0.15) is 5.69 Å². The summed E-state index contributed by atoms with van der Waals surface area (Å²) in [6, 6.07) is 10.2. The van der Waals surface area contributed by atoms with E-state index in [-0.39, 0.29) is 0 Å². The second-order valence-corrected chi connectivity index (χ2v) is 5.46. The van der Waals surface area contributed by atoms with Gasteiger partial charge in [-0.25, -0.2) is 4.68 Å². The van der Waals surface area contributed by atoms with E-state index in [1.54, 1.807) is 0 Å². The lowest BCUT2D eigenvalue weighted by molar-refractivity contribution is 0.111. The van der Waals surface area contributed by atoms with E-state index in [9.17, 15) is 4.79 Å². The Labute approximate surface area is 118 Å². The van der Waals surface area contributed by atoms with Crippen molar-refractivity contribution in [3.63, 3.8) is 0 Å². The molecule has 0 unspecified atom stereocenters. The first-order valence-electron chi connectivity index (χ1n) is 7.31. The molecule has 0 atom stereocenters. The second kappa shape index (κ2) is 5.99. The molecule has 1 aliphatic rings. The molecule has 1 heterocycles. The number of nitrogens with zero attached hydrogens (tertiary/aromatic N) is 3. The van der Waals surface area contributed by atoms with Gasteiger partial charge in [-0.1, -0.05) is 54.8 Å². The van der Waals surface area contributed by atoms with Crippen molar-refractivity contribution < 1.29 is 4.79 Å². The van der Waals surface area contributed by atoms with Crippen molar-refractivity contribution in [3.05, 3.63) is 47.3 Å². The lowest BCUT2D eigenvalue weighted by Gasteiger charge is -2.22. The summed E-state index contributed by atoms with van der Waals surface area (Å²) in [6.45, 7) is 0.688. The van der Waals surface area contributed by atoms with Crippen LogP contribution in [-0.2, 0) is 6.54 Å². The van der Waals surface area contributed by atoms with Gasteiger partial charge in [-0.05, 0) is 18.4 Å². The van der Waals surface area contributed by atoms with Gasteiger partial charge in [-0.2, -0.15) is 0 Å². The van der Waals surface area contributed by atoms with E-state index in [1.807, 2.05) is 22.9 Å². The summed E-state index contributed by atoms with van der Waals surface area (Å²) in [6.07, 6.45) is 6.90. The fourth-order valence-electron chi connectivity index (χ4n) is 3.09. The normalized spacial score (nSPS) is 16.2. The summed E-state index contributed by atoms with van der Waals surface area (Å²) in [5.74, 6) is 0.433. The van der Waals surface area contributed by atoms with Crippen LogP contribution in [0.25, 0.3) is 0 Å². The summed E-state index contributed by atoms with van der Waals surface area (Å²) >= 11 is 0. The highest BCUT2D eigenvalue weighted by molar-refractivity contribution is 5.73. The van der Waals surface area contributed by atoms with Crippen LogP contribution in [0.15, 0.2) is 30.3 Å². The maximum Gasteiger partial charge on any atom is 0.172 e. The Hall–Kier alpha value is -1.97. The van der Waals surface area contributed by atoms with Crippen molar-refractivity contribution in [2.24, 2.45) is 0 Å². The predicted molar refractivity (Wildman–Crippen MR) is 76.8 cm³/mol. The average molecular weight is 269 g/mol. The van der Waals surface area contributed by atoms with Gasteiger partial charge in [0.15, 0.2) is 6.29 Å². The molecule has 4 heteroatoms. The standard InChI is InChI=1S/C16H19N3O/c20-12-15-16(14-9-5-2-6-10-14)19(18-17-15)11-13-7-3-1-4-8-13/h1,3-4,7-8,12,14H,2,5-6,9-11H2. The van der Waals surface area contributed by atoms with Crippen molar-refractivity contribution in [3.8, 4) is 0 Å². The Morgan fingerprint density at radius 2 is 1.90 bits per heavy atom. The Bertz CT molecular complexity index is 571. The zero-order valence-corrected chi connectivity index (χ0v) is 11.5. The van der Waals surface area contributed by atoms with Gasteiger partial charge in [0, 0.05) is 5.92 Å². The predicted octanol–water partition coefficient (Wildman–Crippen LogP) is 3.19. The number of aromatic nitrogens is 3. The van der Waals surface area contributed by atoms with E-state index in [0.717, 1.165) is 24.8 Å². The second-order valence-electron chi connectivity index (χ2n) is 5.46. The number of benzene rings is 1. The zero-order valence-electron chi connectivity index (χ0n) is 11.5. The number of carbonyl (C=O) groups is 1. The van der Waals surface area contributed by atoms with Crippen molar-refractivity contribution in [1.29, 1.82) is 0 Å². The maximum atomic E-state index is 11.2. The summed E-state index contributed by atoms with van der Waals surface area (Å²) in [4.78, 5) is 11.2. The van der Waals surface area contributed by atoms with Crippen LogP contribution >= 0.6 is 0 Å². The zero-order chi connectivity index (χ0) is 13.8. The minimum absolute atomic E-state index is 0.433. The van der Waals surface area contributed by atoms with Crippen LogP contribution in [0.5, 0.6) is 0 Å². The highest BCUT2D eigenvalue weighted by Gasteiger charge is 2.24. The molecule has 1 aromatic heterocycles. The smallest absolute Gasteiger partial charge is 0.172 e. The van der Waals surface area contributed by atoms with E-state index in [0.29, 0.717) is 18.2 Å². The molecule has 20 heavy (non-hydrogen) atoms. The molecule has 4 nitrogen and oxygen atoms in total. The van der Waals surface area contributed by atoms with Crippen LogP contribution in [0.2, 0.25) is 0 Å². The molecular weight excluding hydrogens is 250 g/mol. The third-order valence-electron chi connectivity index (χ3n) is 4.08. The molecule has 0 N–H and O–H groups in total. The quantitative estimate of drug-likeness (QED) is 0.801. The van der Waals surface area contributed by atoms with Crippen LogP contribution in [0.1, 0.15) is 59.8 Å². The SMILES string of the molecule is O=Cc1nnn(Cc2ccccc2)c1C1CCCCC1. The Morgan fingerprint density at radius 1 is 1.15 bits per heavy atom. The van der Waals surface area contributed by atoms with Gasteiger partial charge in [-0.15, -0.1) is 5.10 Å². The fourth-order valence-corrected chi connectivity index (χ4v) is 3.09. The molecule has 1 fully saturated rings. The van der Waals surface area contributed by atoms with Gasteiger partial charge in [0.05, 0.1) is 12.2 Å². The molecule has 2 aromatic rings. The van der Waals surface area contributed by atoms with Crippen molar-refractivity contribution in [1.82, 2.24) is 15.0 Å². The lowest BCUT2D eigenvalue weighted by Crippen LogP contribution is -2.14. The minimum atomic E-state index is 0.433. The number of hydrogen-bond donors (Lipinski definition) is 0. The maximum absolute atomic E-state index is 11.2. The summed E-state index contributed by atoms with van der Waals surface area (Å²) < 4.78 is 1.91. The van der Waals surface area contributed by atoms with Gasteiger partial charge in [0.25, 0.3) is 0 Å². The molecule has 0 spiro atoms. The van der Waals surface area contributed by atoms with Crippen LogP contribution in [-0.4, -0.2) is 21.3 Å². The number of rotatable bonds is 4. The Morgan fingerprint density at radius 3 is 2.60 bits per heavy atom. The van der Waals surface area contributed by atoms with E-state index in [2.05, 4.69) is 22.4 Å². The van der Waals surface area contributed by atoms with Gasteiger partial charge < -0.3 is 0 Å². The molecule has 3 rings (SSSR count). The first-order chi connectivity index (χ1) is 9.88. The Kier molecular flexibility index (Phi) is 3.90. The number of aldehydes is 1. The van der Waals surface area contributed by atoms with Crippen LogP contribution in [0, 0.1) is 0 Å². The fraction of sp³-hybridized carbons (Fsp3) is 0.438. The minimum Gasteiger partial charge on any atom is -0.296 e. The third kappa shape index (κ3) is 2.64. The molecule has 0 amide bonds. The Balaban J connectivity index is 1.90. The number of hydrogen-bond acceptors (Lipinski definition) is 3. The van der Waals surface area contributed by atoms with Gasteiger partial charge in [-0.3, -0.25) is 4.79 Å². The van der Waals surface area contributed by atoms with Gasteiger partial charge >= 0.3 is 0 Å². The largest absolute Gasteiger partial charge is 0.296 e. The summed E-state index contributed by atoms with van der Waals surface area (Å²) in [5, 5.41) is 8.24. The molecule has 1 saturated carbocycles. The first kappa shape index (κ1) is 13.0. The highest BCUT2D eigenvalue weighted by Crippen LogP contribution is 2.33. The molecule has 0 radical (unpaired) electrons. The molecule has 104 valence electrons. The third-order valence-corrected chi connectivity index (χ3v) is 4.08. The van der Waals surface area contributed by atoms with Crippen LogP contribution in [0.3, 0.4) is 0 Å². The average Bonchev–Trinajstić information content (AvgIpc) is 2.92. The van der Waals surface area contributed by atoms with Crippen molar-refractivity contribution in [2.45, 2.75) is 44.6 Å². The van der Waals surface area contributed by atoms with Crippen LogP contribution in [0.4, 0.5) is 0 Å². The molecular formula is C16H19N3O. The van der Waals surface area contributed by atoms with Crippen LogP contribution < -0.4 is 0 Å². The first-order valence-corrected chi connectivity index (χ1v) is 7.31. The molecule has 1 aromatic carbocycles. The summed E-state index contributed by atoms with van der Waals surface area (Å²) in [7, 11) is 0. The molecule has 0 aliphatic heterocycles. The lowest BCUT2D eigenvalue weighted by atomic mass is 9.86. The molecule has 0 bridgehead atoms.